The van der Waals surface area contributed by atoms with Crippen molar-refractivity contribution in [3.63, 3.8) is 0 Å². The van der Waals surface area contributed by atoms with E-state index in [-0.39, 0.29) is 0 Å². The molecule has 1 heterocycles. The van der Waals surface area contributed by atoms with Gasteiger partial charge in [-0.15, -0.1) is 11.3 Å². The minimum Gasteiger partial charge on any atom is -0.486 e. The van der Waals surface area contributed by atoms with Gasteiger partial charge in [-0.3, -0.25) is 0 Å². The molecule has 3 heteroatoms. The molecule has 0 bridgehead atoms. The van der Waals surface area contributed by atoms with Crippen molar-refractivity contribution in [2.75, 3.05) is 0 Å². The zero-order valence-electron chi connectivity index (χ0n) is 11.4. The first-order valence-corrected chi connectivity index (χ1v) is 7.08. The Kier molecular flexibility index (Phi) is 4.02. The number of hydrogen-bond acceptors (Lipinski definition) is 3. The van der Waals surface area contributed by atoms with Gasteiger partial charge in [0.1, 0.15) is 17.4 Å². The quantitative estimate of drug-likeness (QED) is 0.810. The van der Waals surface area contributed by atoms with Crippen LogP contribution in [0.1, 0.15) is 41.6 Å². The van der Waals surface area contributed by atoms with Crippen molar-refractivity contribution in [1.29, 1.82) is 0 Å². The van der Waals surface area contributed by atoms with Crippen LogP contribution in [-0.4, -0.2) is 4.98 Å². The van der Waals surface area contributed by atoms with E-state index in [9.17, 15) is 0 Å². The van der Waals surface area contributed by atoms with Gasteiger partial charge in [0.15, 0.2) is 0 Å². The Labute approximate surface area is 113 Å². The van der Waals surface area contributed by atoms with Crippen molar-refractivity contribution < 1.29 is 4.74 Å². The van der Waals surface area contributed by atoms with Crippen LogP contribution in [0.25, 0.3) is 0 Å². The second-order valence-corrected chi connectivity index (χ2v) is 5.79. The molecular formula is C15H19NOS. The average Bonchev–Trinajstić information content (AvgIpc) is 2.74. The van der Waals surface area contributed by atoms with Crippen molar-refractivity contribution in [3.05, 3.63) is 45.4 Å². The molecule has 0 spiro atoms. The first-order chi connectivity index (χ1) is 8.56. The van der Waals surface area contributed by atoms with Gasteiger partial charge in [0.2, 0.25) is 0 Å². The van der Waals surface area contributed by atoms with Crippen LogP contribution in [-0.2, 0) is 6.61 Å². The summed E-state index contributed by atoms with van der Waals surface area (Å²) in [6.07, 6.45) is 0. The lowest BCUT2D eigenvalue weighted by atomic mass is 10.0. The van der Waals surface area contributed by atoms with E-state index >= 15 is 0 Å². The average molecular weight is 261 g/mol. The van der Waals surface area contributed by atoms with E-state index in [2.05, 4.69) is 49.3 Å². The van der Waals surface area contributed by atoms with Crippen LogP contribution in [0, 0.1) is 13.8 Å². The molecular weight excluding hydrogens is 242 g/mol. The molecule has 0 aliphatic carbocycles. The normalized spacial score (nSPS) is 10.9. The summed E-state index contributed by atoms with van der Waals surface area (Å²) in [5.74, 6) is 1.49. The summed E-state index contributed by atoms with van der Waals surface area (Å²) in [5.41, 5.74) is 3.55. The molecule has 0 radical (unpaired) electrons. The molecule has 2 aromatic rings. The number of hydrogen-bond donors (Lipinski definition) is 0. The lowest BCUT2D eigenvalue weighted by Crippen LogP contribution is -1.98. The summed E-state index contributed by atoms with van der Waals surface area (Å²) < 4.78 is 5.87. The number of benzene rings is 1. The van der Waals surface area contributed by atoms with Gasteiger partial charge in [-0.25, -0.2) is 4.98 Å². The Hall–Kier alpha value is -1.35. The molecule has 0 N–H and O–H groups in total. The van der Waals surface area contributed by atoms with E-state index in [0.717, 1.165) is 16.5 Å². The van der Waals surface area contributed by atoms with Crippen LogP contribution in [0.5, 0.6) is 5.75 Å². The molecule has 0 fully saturated rings. The lowest BCUT2D eigenvalue weighted by molar-refractivity contribution is 0.303. The lowest BCUT2D eigenvalue weighted by Gasteiger charge is -2.11. The number of nitrogens with zero attached hydrogens (tertiary/aromatic N) is 1. The maximum absolute atomic E-state index is 5.87. The standard InChI is InChI=1S/C15H19NOS/c1-10(2)13-6-5-11(3)14(7-13)17-8-15-16-12(4)9-18-15/h5-7,9-10H,8H2,1-4H3. The molecule has 18 heavy (non-hydrogen) atoms. The Morgan fingerprint density at radius 3 is 2.67 bits per heavy atom. The van der Waals surface area contributed by atoms with Crippen LogP contribution < -0.4 is 4.74 Å². The molecule has 0 aliphatic rings. The monoisotopic (exact) mass is 261 g/mol. The summed E-state index contributed by atoms with van der Waals surface area (Å²) in [6.45, 7) is 9.02. The van der Waals surface area contributed by atoms with Crippen molar-refractivity contribution >= 4 is 11.3 Å². The number of rotatable bonds is 4. The SMILES string of the molecule is Cc1csc(COc2cc(C(C)C)ccc2C)n1. The number of aryl methyl sites for hydroxylation is 2. The maximum atomic E-state index is 5.87. The van der Waals surface area contributed by atoms with Gasteiger partial charge in [0, 0.05) is 11.1 Å². The highest BCUT2D eigenvalue weighted by Crippen LogP contribution is 2.25. The van der Waals surface area contributed by atoms with E-state index in [1.54, 1.807) is 11.3 Å². The maximum Gasteiger partial charge on any atom is 0.140 e. The molecule has 0 saturated heterocycles. The Morgan fingerprint density at radius 1 is 1.28 bits per heavy atom. The molecule has 0 atom stereocenters. The van der Waals surface area contributed by atoms with Gasteiger partial charge >= 0.3 is 0 Å². The zero-order valence-corrected chi connectivity index (χ0v) is 12.2. The van der Waals surface area contributed by atoms with E-state index < -0.39 is 0 Å². The smallest absolute Gasteiger partial charge is 0.140 e. The summed E-state index contributed by atoms with van der Waals surface area (Å²) in [4.78, 5) is 4.41. The molecule has 0 unspecified atom stereocenters. The van der Waals surface area contributed by atoms with E-state index in [1.165, 1.54) is 11.1 Å². The number of thiazole rings is 1. The van der Waals surface area contributed by atoms with Gasteiger partial charge in [0.05, 0.1) is 0 Å². The Balaban J connectivity index is 2.10. The summed E-state index contributed by atoms with van der Waals surface area (Å²) in [6, 6.07) is 6.43. The number of aromatic nitrogens is 1. The van der Waals surface area contributed by atoms with Gasteiger partial charge in [-0.2, -0.15) is 0 Å². The molecule has 0 aliphatic heterocycles. The summed E-state index contributed by atoms with van der Waals surface area (Å²) in [5, 5.41) is 3.08. The minimum atomic E-state index is 0.523. The van der Waals surface area contributed by atoms with Crippen LogP contribution in [0.3, 0.4) is 0 Å². The third kappa shape index (κ3) is 3.10. The van der Waals surface area contributed by atoms with Crippen molar-refractivity contribution in [2.24, 2.45) is 0 Å². The first-order valence-electron chi connectivity index (χ1n) is 6.20. The van der Waals surface area contributed by atoms with E-state index in [1.807, 2.05) is 6.92 Å². The third-order valence-electron chi connectivity index (χ3n) is 2.90. The van der Waals surface area contributed by atoms with Crippen LogP contribution in [0.2, 0.25) is 0 Å². The fourth-order valence-electron chi connectivity index (χ4n) is 1.74. The highest BCUT2D eigenvalue weighted by molar-refractivity contribution is 7.09. The Bertz CT molecular complexity index is 531. The van der Waals surface area contributed by atoms with E-state index in [0.29, 0.717) is 12.5 Å². The van der Waals surface area contributed by atoms with Crippen molar-refractivity contribution in [3.8, 4) is 5.75 Å². The Morgan fingerprint density at radius 2 is 2.06 bits per heavy atom. The van der Waals surface area contributed by atoms with Gasteiger partial charge < -0.3 is 4.74 Å². The van der Waals surface area contributed by atoms with Crippen LogP contribution in [0.15, 0.2) is 23.6 Å². The fraction of sp³-hybridized carbons (Fsp3) is 0.400. The predicted molar refractivity (Wildman–Crippen MR) is 76.5 cm³/mol. The summed E-state index contributed by atoms with van der Waals surface area (Å²) in [7, 11) is 0. The predicted octanol–water partition coefficient (Wildman–Crippen LogP) is 4.46. The minimum absolute atomic E-state index is 0.523. The fourth-order valence-corrected chi connectivity index (χ4v) is 2.42. The van der Waals surface area contributed by atoms with Crippen LogP contribution in [0.4, 0.5) is 0 Å². The second-order valence-electron chi connectivity index (χ2n) is 4.85. The second kappa shape index (κ2) is 5.53. The molecule has 96 valence electrons. The third-order valence-corrected chi connectivity index (χ3v) is 3.84. The molecule has 0 amide bonds. The van der Waals surface area contributed by atoms with E-state index in [4.69, 9.17) is 4.74 Å². The summed E-state index contributed by atoms with van der Waals surface area (Å²) >= 11 is 1.65. The molecule has 0 saturated carbocycles. The highest BCUT2D eigenvalue weighted by Gasteiger charge is 2.06. The number of ether oxygens (including phenoxy) is 1. The molecule has 1 aromatic heterocycles. The van der Waals surface area contributed by atoms with Gasteiger partial charge in [-0.05, 0) is 37.0 Å². The first kappa shape index (κ1) is 13.1. The molecule has 2 nitrogen and oxygen atoms in total. The topological polar surface area (TPSA) is 22.1 Å². The van der Waals surface area contributed by atoms with Gasteiger partial charge in [-0.1, -0.05) is 26.0 Å². The van der Waals surface area contributed by atoms with Crippen molar-refractivity contribution in [2.45, 2.75) is 40.2 Å². The molecule has 2 rings (SSSR count). The highest BCUT2D eigenvalue weighted by atomic mass is 32.1. The largest absolute Gasteiger partial charge is 0.486 e. The van der Waals surface area contributed by atoms with Crippen molar-refractivity contribution in [1.82, 2.24) is 4.98 Å². The van der Waals surface area contributed by atoms with Crippen LogP contribution >= 0.6 is 11.3 Å². The zero-order chi connectivity index (χ0) is 13.1. The molecule has 1 aromatic carbocycles. The van der Waals surface area contributed by atoms with Gasteiger partial charge in [0.25, 0.3) is 0 Å².